The van der Waals surface area contributed by atoms with Gasteiger partial charge >= 0.3 is 0 Å². The first-order chi connectivity index (χ1) is 10.8. The summed E-state index contributed by atoms with van der Waals surface area (Å²) >= 11 is 10.7. The van der Waals surface area contributed by atoms with Crippen LogP contribution in [0.4, 0.5) is 0 Å². The highest BCUT2D eigenvalue weighted by atomic mass is 79.9. The molecule has 0 radical (unpaired) electrons. The molecule has 1 N–H and O–H groups in total. The monoisotopic (exact) mass is 504 g/mol. The number of benzene rings is 1. The third-order valence-corrected chi connectivity index (χ3v) is 8.84. The zero-order chi connectivity index (χ0) is 16.5. The highest BCUT2D eigenvalue weighted by Gasteiger charge is 2.57. The number of Topliss-reactive ketones (excluding diaryl/α,β-unsaturated/α-hetero) is 1. The van der Waals surface area contributed by atoms with E-state index in [0.29, 0.717) is 29.3 Å². The van der Waals surface area contributed by atoms with Gasteiger partial charge in [-0.05, 0) is 98.9 Å². The topological polar surface area (TPSA) is 37.3 Å². The zero-order valence-corrected chi connectivity index (χ0v) is 17.7. The van der Waals surface area contributed by atoms with Crippen LogP contribution in [0.3, 0.4) is 0 Å². The van der Waals surface area contributed by atoms with E-state index in [1.807, 2.05) is 0 Å². The van der Waals surface area contributed by atoms with Gasteiger partial charge in [-0.2, -0.15) is 0 Å². The number of halogens is 3. The molecule has 23 heavy (non-hydrogen) atoms. The molecule has 0 amide bonds. The molecule has 0 aliphatic heterocycles. The fraction of sp³-hybridized carbons (Fsp3) is 0.611. The first-order valence-electron chi connectivity index (χ1n) is 8.22. The van der Waals surface area contributed by atoms with Crippen molar-refractivity contribution in [2.24, 2.45) is 17.3 Å². The number of hydrogen-bond donors (Lipinski definition) is 1. The highest BCUT2D eigenvalue weighted by molar-refractivity contribution is 9.11. The molecule has 4 rings (SSSR count). The Balaban J connectivity index is 1.77. The van der Waals surface area contributed by atoms with E-state index in [2.05, 4.69) is 60.8 Å². The van der Waals surface area contributed by atoms with Gasteiger partial charge in [0.25, 0.3) is 0 Å². The van der Waals surface area contributed by atoms with Crippen LogP contribution in [0.25, 0.3) is 0 Å². The van der Waals surface area contributed by atoms with E-state index in [1.165, 1.54) is 11.1 Å². The molecule has 1 aromatic rings. The van der Waals surface area contributed by atoms with Crippen molar-refractivity contribution in [2.45, 2.75) is 49.8 Å². The summed E-state index contributed by atoms with van der Waals surface area (Å²) in [4.78, 5) is 12.7. The summed E-state index contributed by atoms with van der Waals surface area (Å²) in [5.74, 6) is 2.29. The molecule has 0 aromatic heterocycles. The number of phenols is 1. The van der Waals surface area contributed by atoms with E-state index in [-0.39, 0.29) is 10.2 Å². The zero-order valence-electron chi connectivity index (χ0n) is 12.9. The maximum Gasteiger partial charge on any atom is 0.152 e. The average molecular weight is 507 g/mol. The number of rotatable bonds is 0. The average Bonchev–Trinajstić information content (AvgIpc) is 2.76. The van der Waals surface area contributed by atoms with Crippen LogP contribution in [-0.4, -0.2) is 15.7 Å². The van der Waals surface area contributed by atoms with Gasteiger partial charge in [0, 0.05) is 5.41 Å². The first kappa shape index (κ1) is 16.6. The Kier molecular flexibility index (Phi) is 4.02. The Bertz CT molecular complexity index is 702. The second-order valence-electron chi connectivity index (χ2n) is 7.53. The third-order valence-electron chi connectivity index (χ3n) is 6.59. The van der Waals surface area contributed by atoms with Gasteiger partial charge in [0.1, 0.15) is 5.75 Å². The molecule has 3 aliphatic carbocycles. The third kappa shape index (κ3) is 2.25. The molecule has 0 bridgehead atoms. The summed E-state index contributed by atoms with van der Waals surface area (Å²) in [6.07, 6.45) is 5.12. The molecule has 0 saturated heterocycles. The second-order valence-corrected chi connectivity index (χ2v) is 10.3. The summed E-state index contributed by atoms with van der Waals surface area (Å²) in [7, 11) is 0. The number of carbonyl (C=O) groups excluding carboxylic acids is 1. The Hall–Kier alpha value is 0.130. The van der Waals surface area contributed by atoms with Gasteiger partial charge in [-0.3, -0.25) is 4.79 Å². The van der Waals surface area contributed by atoms with Gasteiger partial charge in [0.15, 0.2) is 5.78 Å². The smallest absolute Gasteiger partial charge is 0.152 e. The fourth-order valence-electron chi connectivity index (χ4n) is 5.39. The van der Waals surface area contributed by atoms with Gasteiger partial charge in [0.05, 0.1) is 13.8 Å². The van der Waals surface area contributed by atoms with E-state index >= 15 is 0 Å². The van der Waals surface area contributed by atoms with E-state index in [0.717, 1.165) is 41.0 Å². The van der Waals surface area contributed by atoms with E-state index in [4.69, 9.17) is 0 Å². The lowest BCUT2D eigenvalue weighted by atomic mass is 9.55. The van der Waals surface area contributed by atoms with Gasteiger partial charge in [-0.15, -0.1) is 0 Å². The SMILES string of the molecule is CC12CCC3c4cc(Br)c(O)c(Br)c4CCC3C1CC(Br)C2=O. The van der Waals surface area contributed by atoms with Crippen molar-refractivity contribution in [1.29, 1.82) is 0 Å². The molecule has 2 fully saturated rings. The standard InChI is InChI=1S/C18H19Br3O2/c1-18-5-4-8-9(12(18)7-14(20)17(18)23)2-3-10-11(8)6-13(19)16(22)15(10)21/h6,8-9,12,14,22H,2-5,7H2,1H3. The van der Waals surface area contributed by atoms with E-state index < -0.39 is 0 Å². The number of phenolic OH excluding ortho intramolecular Hbond substituents is 1. The minimum atomic E-state index is -0.141. The molecule has 2 nitrogen and oxygen atoms in total. The minimum absolute atomic E-state index is 0.0379. The summed E-state index contributed by atoms with van der Waals surface area (Å²) in [6.45, 7) is 2.19. The summed E-state index contributed by atoms with van der Waals surface area (Å²) < 4.78 is 1.60. The molecule has 0 spiro atoms. The molecule has 3 aliphatic rings. The number of carbonyl (C=O) groups is 1. The first-order valence-corrected chi connectivity index (χ1v) is 10.7. The number of aromatic hydroxyl groups is 1. The van der Waals surface area contributed by atoms with Crippen LogP contribution in [0.15, 0.2) is 15.0 Å². The van der Waals surface area contributed by atoms with Crippen molar-refractivity contribution < 1.29 is 9.90 Å². The van der Waals surface area contributed by atoms with Gasteiger partial charge in [0.2, 0.25) is 0 Å². The molecule has 124 valence electrons. The van der Waals surface area contributed by atoms with Crippen molar-refractivity contribution >= 4 is 53.6 Å². The Labute approximate surface area is 161 Å². The Morgan fingerprint density at radius 1 is 1.30 bits per heavy atom. The van der Waals surface area contributed by atoms with E-state index in [9.17, 15) is 9.90 Å². The van der Waals surface area contributed by atoms with E-state index in [1.54, 1.807) is 0 Å². The van der Waals surface area contributed by atoms with Crippen molar-refractivity contribution in [2.75, 3.05) is 0 Å². The van der Waals surface area contributed by atoms with Crippen LogP contribution in [-0.2, 0) is 11.2 Å². The lowest BCUT2D eigenvalue weighted by molar-refractivity contribution is -0.128. The van der Waals surface area contributed by atoms with Crippen molar-refractivity contribution in [3.8, 4) is 5.75 Å². The highest BCUT2D eigenvalue weighted by Crippen LogP contribution is 2.61. The molecule has 0 heterocycles. The van der Waals surface area contributed by atoms with Crippen LogP contribution in [0.5, 0.6) is 5.75 Å². The molecular formula is C18H19Br3O2. The molecule has 5 unspecified atom stereocenters. The van der Waals surface area contributed by atoms with Crippen LogP contribution in [0, 0.1) is 17.3 Å². The predicted molar refractivity (Wildman–Crippen MR) is 101 cm³/mol. The maximum absolute atomic E-state index is 12.6. The molecule has 2 saturated carbocycles. The molecular weight excluding hydrogens is 488 g/mol. The predicted octanol–water partition coefficient (Wildman–Crippen LogP) is 5.72. The van der Waals surface area contributed by atoms with Crippen LogP contribution in [0.2, 0.25) is 0 Å². The molecule has 5 heteroatoms. The second kappa shape index (κ2) is 5.57. The van der Waals surface area contributed by atoms with Gasteiger partial charge < -0.3 is 5.11 Å². The number of alkyl halides is 1. The summed E-state index contributed by atoms with van der Waals surface area (Å²) in [6, 6.07) is 2.11. The largest absolute Gasteiger partial charge is 0.506 e. The van der Waals surface area contributed by atoms with Crippen LogP contribution in [0.1, 0.15) is 49.7 Å². The number of ketones is 1. The van der Waals surface area contributed by atoms with Crippen molar-refractivity contribution in [3.05, 3.63) is 26.1 Å². The normalized spacial score (nSPS) is 38.9. The number of hydrogen-bond acceptors (Lipinski definition) is 2. The van der Waals surface area contributed by atoms with Crippen LogP contribution >= 0.6 is 47.8 Å². The van der Waals surface area contributed by atoms with Gasteiger partial charge in [-0.25, -0.2) is 0 Å². The Morgan fingerprint density at radius 2 is 2.04 bits per heavy atom. The van der Waals surface area contributed by atoms with Gasteiger partial charge in [-0.1, -0.05) is 22.9 Å². The maximum atomic E-state index is 12.6. The lowest BCUT2D eigenvalue weighted by Gasteiger charge is -2.48. The molecule has 5 atom stereocenters. The summed E-state index contributed by atoms with van der Waals surface area (Å²) in [5.41, 5.74) is 2.48. The summed E-state index contributed by atoms with van der Waals surface area (Å²) in [5, 5.41) is 10.2. The minimum Gasteiger partial charge on any atom is -0.506 e. The van der Waals surface area contributed by atoms with Crippen LogP contribution < -0.4 is 0 Å². The quantitative estimate of drug-likeness (QED) is 0.457. The molecule has 1 aromatic carbocycles. The Morgan fingerprint density at radius 3 is 2.78 bits per heavy atom. The number of fused-ring (bicyclic) bond motifs is 5. The lowest BCUT2D eigenvalue weighted by Crippen LogP contribution is -2.42. The van der Waals surface area contributed by atoms with Crippen molar-refractivity contribution in [1.82, 2.24) is 0 Å². The fourth-order valence-corrected chi connectivity index (χ4v) is 7.66. The van der Waals surface area contributed by atoms with Crippen molar-refractivity contribution in [3.63, 3.8) is 0 Å².